The zero-order valence-electron chi connectivity index (χ0n) is 46.7. The van der Waals surface area contributed by atoms with Crippen LogP contribution in [0.25, 0.3) is 0 Å². The minimum atomic E-state index is -0.450. The number of rotatable bonds is 33. The van der Waals surface area contributed by atoms with Crippen LogP contribution in [0.1, 0.15) is 166 Å². The fraction of sp³-hybridized carbons (Fsp3) is 0.492. The van der Waals surface area contributed by atoms with Crippen LogP contribution < -0.4 is 26.6 Å². The lowest BCUT2D eigenvalue weighted by Gasteiger charge is -2.08. The Morgan fingerprint density at radius 2 is 0.792 bits per heavy atom. The molecule has 0 radical (unpaired) electrons. The normalized spacial score (nSPS) is 10.3. The van der Waals surface area contributed by atoms with E-state index >= 15 is 0 Å². The molecule has 0 spiro atoms. The molecule has 77 heavy (non-hydrogen) atoms. The van der Waals surface area contributed by atoms with E-state index in [4.69, 9.17) is 18.9 Å². The molecule has 0 aliphatic heterocycles. The minimum Gasteiger partial charge on any atom is -0.466 e. The Morgan fingerprint density at radius 1 is 0.403 bits per heavy atom. The number of unbranched alkanes of at least 4 members (excludes halogenated alkanes) is 10. The van der Waals surface area contributed by atoms with Gasteiger partial charge in [-0.1, -0.05) is 100 Å². The molecule has 0 aliphatic carbocycles. The van der Waals surface area contributed by atoms with Crippen LogP contribution >= 0.6 is 0 Å². The van der Waals surface area contributed by atoms with Crippen molar-refractivity contribution >= 4 is 64.4 Å². The first-order chi connectivity index (χ1) is 37.2. The monoisotopic (exact) mass is 1070 g/mol. The van der Waals surface area contributed by atoms with E-state index in [-0.39, 0.29) is 23.7 Å². The van der Waals surface area contributed by atoms with Gasteiger partial charge in [-0.2, -0.15) is 0 Å². The molecule has 0 atom stereocenters. The van der Waals surface area contributed by atoms with E-state index in [9.17, 15) is 33.6 Å². The number of carbonyl (C=O) groups is 7. The molecular formula is C61H87N5O11. The van der Waals surface area contributed by atoms with E-state index in [0.717, 1.165) is 104 Å². The molecule has 0 aliphatic rings. The molecule has 4 aromatic rings. The van der Waals surface area contributed by atoms with Gasteiger partial charge in [-0.15, -0.1) is 0 Å². The molecular weight excluding hydrogens is 979 g/mol. The van der Waals surface area contributed by atoms with Crippen molar-refractivity contribution in [2.24, 2.45) is 0 Å². The summed E-state index contributed by atoms with van der Waals surface area (Å²) < 4.78 is 19.9. The third-order valence-corrected chi connectivity index (χ3v) is 11.5. The minimum absolute atomic E-state index is 0.0811. The van der Waals surface area contributed by atoms with E-state index in [0.29, 0.717) is 62.8 Å². The number of ether oxygens (including phenoxy) is 4. The number of Topliss-reactive ketones (excluding diaryl/α,β-unsaturated/α-hetero) is 1. The third-order valence-electron chi connectivity index (χ3n) is 11.5. The number of hydrogen-bond acceptors (Lipinski definition) is 11. The molecule has 0 bridgehead atoms. The number of anilines is 4. The topological polar surface area (TPSA) is 217 Å². The Morgan fingerprint density at radius 3 is 1.21 bits per heavy atom. The van der Waals surface area contributed by atoms with Crippen LogP contribution in [0.2, 0.25) is 0 Å². The third kappa shape index (κ3) is 35.8. The van der Waals surface area contributed by atoms with Gasteiger partial charge in [0, 0.05) is 76.1 Å². The number of nitrogens with one attached hydrogen (secondary N) is 5. The van der Waals surface area contributed by atoms with Crippen LogP contribution in [0.4, 0.5) is 32.3 Å². The number of esters is 1. The second kappa shape index (κ2) is 42.1. The second-order valence-electron chi connectivity index (χ2n) is 18.7. The van der Waals surface area contributed by atoms with Crippen LogP contribution in [0, 0.1) is 0 Å². The summed E-state index contributed by atoms with van der Waals surface area (Å²) in [6.45, 7) is 11.0. The van der Waals surface area contributed by atoms with E-state index in [1.165, 1.54) is 52.4 Å². The molecule has 0 unspecified atom stereocenters. The van der Waals surface area contributed by atoms with Crippen LogP contribution in [-0.4, -0.2) is 81.7 Å². The summed E-state index contributed by atoms with van der Waals surface area (Å²) in [6.07, 6.45) is 16.9. The number of methoxy groups -OCH3 is 1. The van der Waals surface area contributed by atoms with E-state index in [1.54, 1.807) is 21.0 Å². The molecule has 0 aromatic heterocycles. The van der Waals surface area contributed by atoms with Crippen LogP contribution in [0.15, 0.2) is 97.1 Å². The number of carbonyl (C=O) groups excluding carboxylic acids is 7. The zero-order valence-corrected chi connectivity index (χ0v) is 46.7. The van der Waals surface area contributed by atoms with Gasteiger partial charge in [0.1, 0.15) is 5.78 Å². The van der Waals surface area contributed by atoms with Crippen molar-refractivity contribution in [2.75, 3.05) is 61.3 Å². The molecule has 422 valence electrons. The van der Waals surface area contributed by atoms with Gasteiger partial charge < -0.3 is 39.7 Å². The number of benzene rings is 4. The smallest absolute Gasteiger partial charge is 0.411 e. The molecule has 0 heterocycles. The lowest BCUT2D eigenvalue weighted by atomic mass is 10.0. The summed E-state index contributed by atoms with van der Waals surface area (Å²) in [5.41, 5.74) is 7.51. The Balaban J connectivity index is 0.000000396. The van der Waals surface area contributed by atoms with Crippen LogP contribution in [0.5, 0.6) is 0 Å². The highest BCUT2D eigenvalue weighted by Crippen LogP contribution is 2.18. The van der Waals surface area contributed by atoms with Crippen molar-refractivity contribution in [3.63, 3.8) is 0 Å². The van der Waals surface area contributed by atoms with Gasteiger partial charge in [-0.25, -0.2) is 9.59 Å². The van der Waals surface area contributed by atoms with Gasteiger partial charge in [0.15, 0.2) is 0 Å². The molecule has 4 aromatic carbocycles. The van der Waals surface area contributed by atoms with Crippen molar-refractivity contribution in [2.45, 2.75) is 157 Å². The summed E-state index contributed by atoms with van der Waals surface area (Å²) >= 11 is 0. The maximum atomic E-state index is 11.7. The first-order valence-corrected chi connectivity index (χ1v) is 27.4. The SMILES string of the molecule is CCCOC(=O)CCCCC(=O)NCCCCCCCCCCCC(C)=O.CCOC(=O)Nc1ccc(Cc2ccc(NC(C)=O)cc2)cc1.COCCCCOC(=O)Nc1ccc(Cc2ccc(NC(C)=O)cc2)cc1. The first-order valence-electron chi connectivity index (χ1n) is 27.4. The highest BCUT2D eigenvalue weighted by Gasteiger charge is 2.08. The molecule has 4 rings (SSSR count). The summed E-state index contributed by atoms with van der Waals surface area (Å²) in [5.74, 6) is 0.0618. The maximum Gasteiger partial charge on any atom is 0.411 e. The first kappa shape index (κ1) is 66.0. The number of amides is 5. The Bertz CT molecular complexity index is 2290. The fourth-order valence-corrected chi connectivity index (χ4v) is 7.55. The summed E-state index contributed by atoms with van der Waals surface area (Å²) in [5, 5.41) is 13.8. The standard InChI is InChI=1S/C22H41NO4.C21H26N2O4.C18H20N2O3/c1-3-19-27-22(26)17-13-12-16-21(25)23-18-14-10-8-6-4-5-7-9-11-15-20(2)24;1-16(24)22-19-9-5-17(6-10-19)15-18-7-11-20(12-8-18)23-21(25)27-14-4-3-13-26-2;1-3-23-18(22)20-17-10-6-15(7-11-17)12-14-4-8-16(9-5-14)19-13(2)21/h3-19H2,1-2H3,(H,23,25);5-12H,3-4,13-15H2,1-2H3,(H,22,24)(H,23,25);4-11H,3,12H2,1-2H3,(H,19,21)(H,20,22). The van der Waals surface area contributed by atoms with Crippen molar-refractivity contribution < 1.29 is 52.5 Å². The van der Waals surface area contributed by atoms with Gasteiger partial charge in [0.25, 0.3) is 0 Å². The molecule has 0 saturated heterocycles. The fourth-order valence-electron chi connectivity index (χ4n) is 7.55. The largest absolute Gasteiger partial charge is 0.466 e. The Kier molecular flexibility index (Phi) is 36.1. The van der Waals surface area contributed by atoms with Gasteiger partial charge in [-0.05, 0) is 142 Å². The zero-order chi connectivity index (χ0) is 56.3. The molecule has 5 amide bonds. The quantitative estimate of drug-likeness (QED) is 0.0172. The Hall–Kier alpha value is -7.07. The summed E-state index contributed by atoms with van der Waals surface area (Å²) in [7, 11) is 1.65. The highest BCUT2D eigenvalue weighted by molar-refractivity contribution is 5.89. The predicted octanol–water partition coefficient (Wildman–Crippen LogP) is 13.1. The van der Waals surface area contributed by atoms with Crippen molar-refractivity contribution in [1.29, 1.82) is 0 Å². The van der Waals surface area contributed by atoms with Gasteiger partial charge in [0.2, 0.25) is 17.7 Å². The van der Waals surface area contributed by atoms with E-state index in [1.807, 2.05) is 104 Å². The molecule has 0 fully saturated rings. The van der Waals surface area contributed by atoms with Gasteiger partial charge >= 0.3 is 18.2 Å². The number of ketones is 1. The van der Waals surface area contributed by atoms with Crippen LogP contribution in [-0.2, 0) is 55.8 Å². The lowest BCUT2D eigenvalue weighted by molar-refractivity contribution is -0.144. The van der Waals surface area contributed by atoms with Crippen LogP contribution in [0.3, 0.4) is 0 Å². The highest BCUT2D eigenvalue weighted by atomic mass is 16.6. The average Bonchev–Trinajstić information content (AvgIpc) is 3.39. The maximum absolute atomic E-state index is 11.7. The molecule has 0 saturated carbocycles. The summed E-state index contributed by atoms with van der Waals surface area (Å²) in [6, 6.07) is 30.7. The van der Waals surface area contributed by atoms with Gasteiger partial charge in [0.05, 0.1) is 19.8 Å². The average molecular weight is 1070 g/mol. The van der Waals surface area contributed by atoms with Crippen molar-refractivity contribution in [3.05, 3.63) is 119 Å². The van der Waals surface area contributed by atoms with Gasteiger partial charge in [-0.3, -0.25) is 29.8 Å². The molecule has 16 nitrogen and oxygen atoms in total. The van der Waals surface area contributed by atoms with E-state index in [2.05, 4.69) is 26.6 Å². The van der Waals surface area contributed by atoms with E-state index < -0.39 is 12.2 Å². The second-order valence-corrected chi connectivity index (χ2v) is 18.7. The van der Waals surface area contributed by atoms with Crippen molar-refractivity contribution in [1.82, 2.24) is 5.32 Å². The van der Waals surface area contributed by atoms with Crippen molar-refractivity contribution in [3.8, 4) is 0 Å². The number of hydrogen-bond donors (Lipinski definition) is 5. The molecule has 5 N–H and O–H groups in total. The Labute approximate surface area is 457 Å². The summed E-state index contributed by atoms with van der Waals surface area (Å²) in [4.78, 5) is 79.0. The predicted molar refractivity (Wildman–Crippen MR) is 306 cm³/mol. The lowest BCUT2D eigenvalue weighted by Crippen LogP contribution is -2.24. The molecule has 16 heteroatoms.